The van der Waals surface area contributed by atoms with E-state index < -0.39 is 0 Å². The largest absolute Gasteiger partial charge is 0.328 e. The van der Waals surface area contributed by atoms with Gasteiger partial charge in [-0.1, -0.05) is 19.9 Å². The summed E-state index contributed by atoms with van der Waals surface area (Å²) < 4.78 is 3.39. The Morgan fingerprint density at radius 3 is 2.36 bits per heavy atom. The maximum absolute atomic E-state index is 11.9. The van der Waals surface area contributed by atoms with Crippen LogP contribution in [0.25, 0.3) is 11.0 Å². The molecule has 0 fully saturated rings. The quantitative estimate of drug-likeness (QED) is 0.788. The molecule has 0 bridgehead atoms. The first-order valence-corrected chi connectivity index (χ1v) is 7.65. The molecule has 0 radical (unpaired) electrons. The fourth-order valence-electron chi connectivity index (χ4n) is 2.67. The van der Waals surface area contributed by atoms with Crippen molar-refractivity contribution in [3.8, 4) is 0 Å². The molecule has 124 valence electrons. The third-order valence-corrected chi connectivity index (χ3v) is 4.16. The second-order valence-electron chi connectivity index (χ2n) is 5.43. The van der Waals surface area contributed by atoms with Crippen molar-refractivity contribution >= 4 is 23.4 Å². The molecule has 5 nitrogen and oxygen atoms in total. The van der Waals surface area contributed by atoms with Crippen molar-refractivity contribution in [1.29, 1.82) is 0 Å². The molecule has 0 aliphatic carbocycles. The van der Waals surface area contributed by atoms with E-state index in [9.17, 15) is 4.79 Å². The van der Waals surface area contributed by atoms with Gasteiger partial charge < -0.3 is 10.2 Å². The van der Waals surface area contributed by atoms with Gasteiger partial charge in [-0.25, -0.2) is 4.79 Å². The van der Waals surface area contributed by atoms with Gasteiger partial charge in [0.1, 0.15) is 0 Å². The summed E-state index contributed by atoms with van der Waals surface area (Å²) in [6.07, 6.45) is 0. The van der Waals surface area contributed by atoms with Crippen LogP contribution in [-0.2, 0) is 20.6 Å². The standard InChI is InChI=1S/C16H26N4O.ClH/c1-5-20(6-2)10-9-17-12-13-7-8-14-15(11-13)19(4)16(21)18(14)3;/h7-8,11,17H,5-6,9-10,12H2,1-4H3;1H. The molecule has 1 heterocycles. The minimum Gasteiger partial charge on any atom is -0.311 e. The Balaban J connectivity index is 0.00000242. The van der Waals surface area contributed by atoms with Crippen LogP contribution < -0.4 is 11.0 Å². The van der Waals surface area contributed by atoms with Crippen LogP contribution in [-0.4, -0.2) is 40.2 Å². The zero-order chi connectivity index (χ0) is 15.4. The van der Waals surface area contributed by atoms with Gasteiger partial charge in [0.15, 0.2) is 0 Å². The Labute approximate surface area is 138 Å². The normalized spacial score (nSPS) is 11.1. The van der Waals surface area contributed by atoms with Gasteiger partial charge in [-0.15, -0.1) is 12.4 Å². The first-order chi connectivity index (χ1) is 10.1. The minimum absolute atomic E-state index is 0. The summed E-state index contributed by atoms with van der Waals surface area (Å²) in [6, 6.07) is 6.21. The van der Waals surface area contributed by atoms with Crippen molar-refractivity contribution < 1.29 is 0 Å². The highest BCUT2D eigenvalue weighted by molar-refractivity contribution is 5.85. The Morgan fingerprint density at radius 2 is 1.73 bits per heavy atom. The minimum atomic E-state index is 0. The summed E-state index contributed by atoms with van der Waals surface area (Å²) in [7, 11) is 3.63. The maximum atomic E-state index is 11.9. The molecule has 0 saturated carbocycles. The first kappa shape index (κ1) is 18.7. The molecule has 2 rings (SSSR count). The third-order valence-electron chi connectivity index (χ3n) is 4.16. The van der Waals surface area contributed by atoms with Crippen LogP contribution in [0.1, 0.15) is 19.4 Å². The van der Waals surface area contributed by atoms with Crippen molar-refractivity contribution in [3.05, 3.63) is 34.2 Å². The highest BCUT2D eigenvalue weighted by Crippen LogP contribution is 2.13. The lowest BCUT2D eigenvalue weighted by Crippen LogP contribution is -2.31. The molecule has 0 amide bonds. The number of aryl methyl sites for hydroxylation is 2. The maximum Gasteiger partial charge on any atom is 0.328 e. The predicted octanol–water partition coefficient (Wildman–Crippen LogP) is 1.73. The Kier molecular flexibility index (Phi) is 7.13. The summed E-state index contributed by atoms with van der Waals surface area (Å²) >= 11 is 0. The van der Waals surface area contributed by atoms with Crippen molar-refractivity contribution in [1.82, 2.24) is 19.4 Å². The van der Waals surface area contributed by atoms with Crippen LogP contribution in [0.15, 0.2) is 23.0 Å². The zero-order valence-electron chi connectivity index (χ0n) is 13.9. The van der Waals surface area contributed by atoms with Crippen molar-refractivity contribution in [2.45, 2.75) is 20.4 Å². The molecule has 0 atom stereocenters. The van der Waals surface area contributed by atoms with E-state index >= 15 is 0 Å². The van der Waals surface area contributed by atoms with Crippen molar-refractivity contribution in [2.24, 2.45) is 14.1 Å². The van der Waals surface area contributed by atoms with Crippen LogP contribution in [0.2, 0.25) is 0 Å². The molecule has 1 aromatic heterocycles. The molecule has 6 heteroatoms. The molecule has 0 aliphatic rings. The fourth-order valence-corrected chi connectivity index (χ4v) is 2.67. The number of rotatable bonds is 7. The summed E-state index contributed by atoms with van der Waals surface area (Å²) in [4.78, 5) is 14.3. The molecule has 1 aromatic carbocycles. The fraction of sp³-hybridized carbons (Fsp3) is 0.562. The van der Waals surface area contributed by atoms with E-state index in [1.165, 1.54) is 5.56 Å². The molecule has 0 unspecified atom stereocenters. The average molecular weight is 327 g/mol. The second-order valence-corrected chi connectivity index (χ2v) is 5.43. The Hall–Kier alpha value is -1.30. The molecule has 0 spiro atoms. The Morgan fingerprint density at radius 1 is 1.09 bits per heavy atom. The lowest BCUT2D eigenvalue weighted by Gasteiger charge is -2.18. The molecule has 1 N–H and O–H groups in total. The molecular weight excluding hydrogens is 300 g/mol. The predicted molar refractivity (Wildman–Crippen MR) is 94.9 cm³/mol. The SMILES string of the molecule is CCN(CC)CCNCc1ccc2c(c1)n(C)c(=O)n2C.Cl. The van der Waals surface area contributed by atoms with Gasteiger partial charge in [-0.2, -0.15) is 0 Å². The molecular formula is C16H27ClN4O. The van der Waals surface area contributed by atoms with Gasteiger partial charge in [0, 0.05) is 33.7 Å². The Bertz CT molecular complexity index is 658. The van der Waals surface area contributed by atoms with Crippen LogP contribution in [0.4, 0.5) is 0 Å². The second kappa shape index (κ2) is 8.36. The number of hydrogen-bond donors (Lipinski definition) is 1. The van der Waals surface area contributed by atoms with E-state index in [1.54, 1.807) is 9.13 Å². The highest BCUT2D eigenvalue weighted by Gasteiger charge is 2.07. The van der Waals surface area contributed by atoms with Crippen LogP contribution >= 0.6 is 12.4 Å². The lowest BCUT2D eigenvalue weighted by molar-refractivity contribution is 0.302. The summed E-state index contributed by atoms with van der Waals surface area (Å²) in [5.74, 6) is 0. The van der Waals surface area contributed by atoms with E-state index in [0.29, 0.717) is 0 Å². The van der Waals surface area contributed by atoms with E-state index in [2.05, 4.69) is 36.2 Å². The monoisotopic (exact) mass is 326 g/mol. The van der Waals surface area contributed by atoms with Gasteiger partial charge in [0.2, 0.25) is 0 Å². The number of benzene rings is 1. The summed E-state index contributed by atoms with van der Waals surface area (Å²) in [6.45, 7) is 9.44. The number of fused-ring (bicyclic) bond motifs is 1. The number of imidazole rings is 1. The van der Waals surface area contributed by atoms with E-state index in [-0.39, 0.29) is 18.1 Å². The average Bonchev–Trinajstić information content (AvgIpc) is 2.72. The summed E-state index contributed by atoms with van der Waals surface area (Å²) in [5.41, 5.74) is 3.21. The number of likely N-dealkylation sites (N-methyl/N-ethyl adjacent to an activating group) is 1. The van der Waals surface area contributed by atoms with Crippen molar-refractivity contribution in [2.75, 3.05) is 26.2 Å². The van der Waals surface area contributed by atoms with E-state index in [4.69, 9.17) is 0 Å². The number of nitrogens with one attached hydrogen (secondary N) is 1. The number of halogens is 1. The van der Waals surface area contributed by atoms with Crippen LogP contribution in [0.5, 0.6) is 0 Å². The molecule has 0 saturated heterocycles. The highest BCUT2D eigenvalue weighted by atomic mass is 35.5. The smallest absolute Gasteiger partial charge is 0.311 e. The van der Waals surface area contributed by atoms with Gasteiger partial charge in [-0.05, 0) is 30.8 Å². The van der Waals surface area contributed by atoms with Crippen LogP contribution in [0.3, 0.4) is 0 Å². The van der Waals surface area contributed by atoms with Gasteiger partial charge in [0.05, 0.1) is 11.0 Å². The number of nitrogens with zero attached hydrogens (tertiary/aromatic N) is 3. The summed E-state index contributed by atoms with van der Waals surface area (Å²) in [5, 5.41) is 3.47. The lowest BCUT2D eigenvalue weighted by atomic mass is 10.2. The third kappa shape index (κ3) is 3.91. The van der Waals surface area contributed by atoms with E-state index in [0.717, 1.165) is 43.8 Å². The van der Waals surface area contributed by atoms with Gasteiger partial charge in [0.25, 0.3) is 0 Å². The topological polar surface area (TPSA) is 42.2 Å². The molecule has 22 heavy (non-hydrogen) atoms. The van der Waals surface area contributed by atoms with Gasteiger partial charge >= 0.3 is 5.69 Å². The molecule has 2 aromatic rings. The van der Waals surface area contributed by atoms with E-state index in [1.807, 2.05) is 20.2 Å². The number of hydrogen-bond acceptors (Lipinski definition) is 3. The zero-order valence-corrected chi connectivity index (χ0v) is 14.7. The number of aromatic nitrogens is 2. The molecule has 0 aliphatic heterocycles. The van der Waals surface area contributed by atoms with Crippen molar-refractivity contribution in [3.63, 3.8) is 0 Å². The van der Waals surface area contributed by atoms with Crippen LogP contribution in [0, 0.1) is 0 Å². The first-order valence-electron chi connectivity index (χ1n) is 7.65. The van der Waals surface area contributed by atoms with Gasteiger partial charge in [-0.3, -0.25) is 9.13 Å².